The minimum atomic E-state index is -4.11. The zero-order valence-corrected chi connectivity index (χ0v) is 13.7. The Kier molecular flexibility index (Phi) is 4.79. The molecule has 1 amide bonds. The van der Waals surface area contributed by atoms with Crippen molar-refractivity contribution < 1.29 is 75.5 Å². The first kappa shape index (κ1) is 15.9. The monoisotopic (exact) mass is 300 g/mol. The molecule has 0 bridgehead atoms. The van der Waals surface area contributed by atoms with Gasteiger partial charge in [-0.3, -0.25) is 4.79 Å². The number of carbonyl (C=O) groups is 1. The van der Waals surface area contributed by atoms with E-state index in [4.69, 9.17) is 0 Å². The van der Waals surface area contributed by atoms with Gasteiger partial charge < -0.3 is 6.53 Å². The quantitative estimate of drug-likeness (QED) is 0.546. The Morgan fingerprint density at radius 1 is 1.50 bits per heavy atom. The van der Waals surface area contributed by atoms with Crippen molar-refractivity contribution >= 4 is 21.8 Å². The second-order valence-corrected chi connectivity index (χ2v) is 5.25. The van der Waals surface area contributed by atoms with Gasteiger partial charge in [-0.1, -0.05) is 0 Å². The fourth-order valence-electron chi connectivity index (χ4n) is 1.61. The van der Waals surface area contributed by atoms with Gasteiger partial charge in [0.15, 0.2) is 5.82 Å². The molecule has 6 nitrogen and oxygen atoms in total. The number of hydrogen-bond donors (Lipinski definition) is 2. The number of nitrogens with one attached hydrogen (secondary N) is 1. The Labute approximate surface area is 147 Å². The number of nitrogens with zero attached hydrogens (tertiary/aromatic N) is 1. The average Bonchev–Trinajstić information content (AvgIpc) is 2.37. The summed E-state index contributed by atoms with van der Waals surface area (Å²) >= 11 is 0. The predicted octanol–water partition coefficient (Wildman–Crippen LogP) is -2.86. The first-order valence-corrected chi connectivity index (χ1v) is 6.07. The van der Waals surface area contributed by atoms with Crippen LogP contribution < -0.4 is 60.4 Å². The maximum atomic E-state index is 13.6. The van der Waals surface area contributed by atoms with Crippen LogP contribution >= 0.6 is 0 Å². The molecule has 1 fully saturated rings. The van der Waals surface area contributed by atoms with E-state index in [9.17, 15) is 22.7 Å². The van der Waals surface area contributed by atoms with E-state index in [1.165, 1.54) is 6.07 Å². The Bertz CT molecular complexity index is 587. The largest absolute Gasteiger partial charge is 1.00 e. The molecule has 0 aromatic heterocycles. The molecule has 1 heterocycles. The van der Waals surface area contributed by atoms with Crippen LogP contribution in [0.1, 0.15) is 6.99 Å². The summed E-state index contributed by atoms with van der Waals surface area (Å²) in [5, 5.41) is 9.57. The van der Waals surface area contributed by atoms with Gasteiger partial charge >= 0.3 is 61.6 Å². The molecule has 1 aromatic carbocycles. The van der Waals surface area contributed by atoms with Gasteiger partial charge in [-0.2, -0.15) is 8.42 Å². The van der Waals surface area contributed by atoms with Gasteiger partial charge in [0.2, 0.25) is 0 Å². The van der Waals surface area contributed by atoms with Gasteiger partial charge in [0.1, 0.15) is 18.0 Å². The number of aryl methyl sites for hydroxylation is 1. The van der Waals surface area contributed by atoms with Crippen LogP contribution in [-0.2, 0) is 15.0 Å². The van der Waals surface area contributed by atoms with Crippen LogP contribution in [0.2, 0.25) is 0 Å². The Hall–Kier alpha value is -0.194. The van der Waals surface area contributed by atoms with Crippen molar-refractivity contribution in [2.45, 2.75) is 6.92 Å². The number of amides is 1. The van der Waals surface area contributed by atoms with Gasteiger partial charge in [0.25, 0.3) is 5.91 Å². The molecule has 1 aromatic rings. The van der Waals surface area contributed by atoms with Crippen LogP contribution in [0.15, 0.2) is 12.1 Å². The van der Waals surface area contributed by atoms with E-state index in [2.05, 4.69) is 0 Å². The molecule has 1 aliphatic heterocycles. The van der Waals surface area contributed by atoms with Crippen molar-refractivity contribution in [3.8, 4) is 5.75 Å². The predicted molar refractivity (Wildman–Crippen MR) is 58.3 cm³/mol. The first-order valence-electron chi connectivity index (χ1n) is 4.63. The number of carbonyl (C=O) groups excluding carboxylic acids is 1. The minimum absolute atomic E-state index is 0. The van der Waals surface area contributed by atoms with Crippen LogP contribution in [0.5, 0.6) is 5.75 Å². The molecule has 0 aliphatic carbocycles. The van der Waals surface area contributed by atoms with Gasteiger partial charge in [0.05, 0.1) is 0 Å². The zero-order chi connectivity index (χ0) is 12.8. The van der Waals surface area contributed by atoms with Crippen molar-refractivity contribution in [1.82, 2.24) is 4.72 Å². The summed E-state index contributed by atoms with van der Waals surface area (Å²) in [6.45, 7) is 1.00. The van der Waals surface area contributed by atoms with Crippen LogP contribution in [0.3, 0.4) is 0 Å². The van der Waals surface area contributed by atoms with Crippen LogP contribution in [0, 0.1) is 12.7 Å². The standard InChI is InChI=1S/C9H9FN2O4S.K.H/c1-5-2-6(10)9(7(13)3-5)12-4-8(14)11-17(12,15)16;;/h2-3,13H,4H2,1H3,(H,11,14);;/q;+1;-1. The molecule has 1 saturated heterocycles. The molecule has 2 N–H and O–H groups in total. The molecule has 0 saturated carbocycles. The van der Waals surface area contributed by atoms with E-state index in [1.807, 2.05) is 0 Å². The van der Waals surface area contributed by atoms with Crippen molar-refractivity contribution in [2.75, 3.05) is 10.8 Å². The van der Waals surface area contributed by atoms with Crippen LogP contribution in [0.25, 0.3) is 0 Å². The number of phenols is 1. The van der Waals surface area contributed by atoms with Gasteiger partial charge in [-0.05, 0) is 24.6 Å². The van der Waals surface area contributed by atoms with E-state index in [-0.39, 0.29) is 52.8 Å². The summed E-state index contributed by atoms with van der Waals surface area (Å²) < 4.78 is 38.8. The molecule has 0 spiro atoms. The molecular weight excluding hydrogens is 290 g/mol. The second-order valence-electron chi connectivity index (χ2n) is 3.65. The molecule has 9 heteroatoms. The van der Waals surface area contributed by atoms with E-state index in [0.717, 1.165) is 6.07 Å². The Morgan fingerprint density at radius 2 is 2.11 bits per heavy atom. The summed E-state index contributed by atoms with van der Waals surface area (Å²) in [5.74, 6) is -2.20. The minimum Gasteiger partial charge on any atom is -1.00 e. The third-order valence-electron chi connectivity index (χ3n) is 2.26. The number of rotatable bonds is 1. The summed E-state index contributed by atoms with van der Waals surface area (Å²) in [7, 11) is -4.11. The summed E-state index contributed by atoms with van der Waals surface area (Å²) in [5.41, 5.74) is -0.0754. The number of aromatic hydroxyl groups is 1. The first-order chi connectivity index (χ1) is 7.81. The zero-order valence-electron chi connectivity index (χ0n) is 10.8. The molecule has 0 atom stereocenters. The van der Waals surface area contributed by atoms with E-state index in [0.29, 0.717) is 9.87 Å². The number of anilines is 1. The summed E-state index contributed by atoms with van der Waals surface area (Å²) in [6, 6.07) is 2.30. The fourth-order valence-corrected chi connectivity index (χ4v) is 2.78. The number of benzene rings is 1. The van der Waals surface area contributed by atoms with E-state index >= 15 is 0 Å². The van der Waals surface area contributed by atoms with Crippen molar-refractivity contribution in [3.05, 3.63) is 23.5 Å². The fraction of sp³-hybridized carbons (Fsp3) is 0.222. The third-order valence-corrected chi connectivity index (χ3v) is 3.63. The number of hydrogen-bond acceptors (Lipinski definition) is 4. The smallest absolute Gasteiger partial charge is 1.00 e. The normalized spacial score (nSPS) is 17.2. The van der Waals surface area contributed by atoms with Gasteiger partial charge in [-0.15, -0.1) is 0 Å². The van der Waals surface area contributed by atoms with Crippen LogP contribution in [0.4, 0.5) is 10.1 Å². The third kappa shape index (κ3) is 2.86. The van der Waals surface area contributed by atoms with Gasteiger partial charge in [-0.25, -0.2) is 13.4 Å². The molecule has 0 unspecified atom stereocenters. The second kappa shape index (κ2) is 5.43. The molecule has 0 radical (unpaired) electrons. The van der Waals surface area contributed by atoms with Crippen molar-refractivity contribution in [1.29, 1.82) is 0 Å². The SMILES string of the molecule is Cc1cc(O)c(N2CC(=O)NS2(=O)=O)c(F)c1.[H-].[K+]. The molecule has 18 heavy (non-hydrogen) atoms. The molecule has 94 valence electrons. The van der Waals surface area contributed by atoms with E-state index in [1.54, 1.807) is 11.6 Å². The maximum absolute atomic E-state index is 13.6. The average molecular weight is 300 g/mol. The van der Waals surface area contributed by atoms with E-state index < -0.39 is 39.9 Å². The van der Waals surface area contributed by atoms with Gasteiger partial charge in [0, 0.05) is 0 Å². The molecular formula is C9H10FKN2O4S. The summed E-state index contributed by atoms with van der Waals surface area (Å²) in [6.07, 6.45) is 0. The maximum Gasteiger partial charge on any atom is 1.00 e. The Balaban J connectivity index is 0.00000162. The van der Waals surface area contributed by atoms with Crippen molar-refractivity contribution in [3.63, 3.8) is 0 Å². The van der Waals surface area contributed by atoms with Crippen molar-refractivity contribution in [2.24, 2.45) is 0 Å². The van der Waals surface area contributed by atoms with Crippen LogP contribution in [-0.4, -0.2) is 26.0 Å². The number of phenolic OH excluding ortho intramolecular Hbond substituents is 1. The Morgan fingerprint density at radius 3 is 2.56 bits per heavy atom. The summed E-state index contributed by atoms with van der Waals surface area (Å²) in [4.78, 5) is 11.0. The molecule has 2 rings (SSSR count). The molecule has 1 aliphatic rings. The number of halogens is 1. The topological polar surface area (TPSA) is 86.7 Å².